The molecule has 1 aliphatic rings. The minimum Gasteiger partial charge on any atom is -0.495 e. The first-order valence-electron chi connectivity index (χ1n) is 6.59. The summed E-state index contributed by atoms with van der Waals surface area (Å²) in [5.41, 5.74) is 0. The molecule has 1 N–H and O–H groups in total. The van der Waals surface area contributed by atoms with E-state index in [4.69, 9.17) is 4.74 Å². The number of nitrogens with zero attached hydrogens (tertiary/aromatic N) is 1. The number of halogens is 3. The summed E-state index contributed by atoms with van der Waals surface area (Å²) in [6.07, 6.45) is 1.47. The number of hydrogen-bond donors (Lipinski definition) is 1. The number of methoxy groups -OCH3 is 1. The second kappa shape index (κ2) is 7.92. The molecule has 0 aliphatic carbocycles. The maximum atomic E-state index is 13.7. The second-order valence-electron chi connectivity index (χ2n) is 4.92. The fourth-order valence-corrected chi connectivity index (χ4v) is 4.28. The predicted octanol–water partition coefficient (Wildman–Crippen LogP) is 2.39. The van der Waals surface area contributed by atoms with Crippen LogP contribution in [0.1, 0.15) is 12.8 Å². The Labute approximate surface area is 144 Å². The zero-order valence-electron chi connectivity index (χ0n) is 12.3. The molecule has 1 saturated heterocycles. The molecule has 9 heteroatoms. The van der Waals surface area contributed by atoms with Gasteiger partial charge in [0.25, 0.3) is 0 Å². The molecule has 0 atom stereocenters. The van der Waals surface area contributed by atoms with Crippen molar-refractivity contribution in [1.82, 2.24) is 9.62 Å². The van der Waals surface area contributed by atoms with E-state index < -0.39 is 15.8 Å². The van der Waals surface area contributed by atoms with Gasteiger partial charge in [-0.05, 0) is 54.0 Å². The van der Waals surface area contributed by atoms with Gasteiger partial charge in [-0.15, -0.1) is 12.4 Å². The molecule has 0 aromatic heterocycles. The van der Waals surface area contributed by atoms with Crippen molar-refractivity contribution in [1.29, 1.82) is 0 Å². The Hall–Kier alpha value is -0.410. The first kappa shape index (κ1) is 19.6. The fraction of sp³-hybridized carbons (Fsp3) is 0.538. The smallest absolute Gasteiger partial charge is 0.246 e. The lowest BCUT2D eigenvalue weighted by Gasteiger charge is -2.31. The SMILES string of the molecule is COc1cc(Br)c(F)cc1S(=O)(=O)N(C)C1CCNCC1.Cl. The summed E-state index contributed by atoms with van der Waals surface area (Å²) >= 11 is 3.03. The summed E-state index contributed by atoms with van der Waals surface area (Å²) in [5.74, 6) is -0.503. The summed E-state index contributed by atoms with van der Waals surface area (Å²) in [5, 5.41) is 3.19. The van der Waals surface area contributed by atoms with Crippen molar-refractivity contribution in [3.63, 3.8) is 0 Å². The minimum absolute atomic E-state index is 0. The van der Waals surface area contributed by atoms with E-state index in [2.05, 4.69) is 21.2 Å². The van der Waals surface area contributed by atoms with Crippen LogP contribution in [0, 0.1) is 5.82 Å². The molecule has 2 rings (SSSR count). The van der Waals surface area contributed by atoms with Crippen LogP contribution in [0.4, 0.5) is 4.39 Å². The zero-order chi connectivity index (χ0) is 15.6. The highest BCUT2D eigenvalue weighted by atomic mass is 79.9. The van der Waals surface area contributed by atoms with E-state index >= 15 is 0 Å². The number of hydrogen-bond acceptors (Lipinski definition) is 4. The van der Waals surface area contributed by atoms with Crippen molar-refractivity contribution in [2.75, 3.05) is 27.2 Å². The van der Waals surface area contributed by atoms with Crippen LogP contribution in [0.5, 0.6) is 5.75 Å². The van der Waals surface area contributed by atoms with Gasteiger partial charge in [-0.2, -0.15) is 4.31 Å². The molecule has 1 aromatic rings. The average molecular weight is 418 g/mol. The van der Waals surface area contributed by atoms with E-state index in [1.165, 1.54) is 24.5 Å². The van der Waals surface area contributed by atoms with E-state index in [1.54, 1.807) is 0 Å². The fourth-order valence-electron chi connectivity index (χ4n) is 2.39. The van der Waals surface area contributed by atoms with E-state index in [0.29, 0.717) is 0 Å². The van der Waals surface area contributed by atoms with Crippen molar-refractivity contribution < 1.29 is 17.5 Å². The maximum absolute atomic E-state index is 13.7. The predicted molar refractivity (Wildman–Crippen MR) is 88.7 cm³/mol. The topological polar surface area (TPSA) is 58.6 Å². The molecule has 5 nitrogen and oxygen atoms in total. The van der Waals surface area contributed by atoms with Crippen molar-refractivity contribution >= 4 is 38.4 Å². The van der Waals surface area contributed by atoms with Crippen LogP contribution in [0.15, 0.2) is 21.5 Å². The first-order chi connectivity index (χ1) is 9.87. The Bertz CT molecular complexity index is 624. The largest absolute Gasteiger partial charge is 0.495 e. The number of piperidine rings is 1. The Balaban J connectivity index is 0.00000242. The monoisotopic (exact) mass is 416 g/mol. The molecule has 0 unspecified atom stereocenters. The van der Waals surface area contributed by atoms with Crippen molar-refractivity contribution in [3.8, 4) is 5.75 Å². The van der Waals surface area contributed by atoms with Crippen LogP contribution < -0.4 is 10.1 Å². The number of benzene rings is 1. The quantitative estimate of drug-likeness (QED) is 0.817. The summed E-state index contributed by atoms with van der Waals surface area (Å²) in [6.45, 7) is 1.55. The number of nitrogens with one attached hydrogen (secondary N) is 1. The van der Waals surface area contributed by atoms with Crippen LogP contribution in [0.2, 0.25) is 0 Å². The molecule has 0 saturated carbocycles. The molecule has 1 aliphatic heterocycles. The summed E-state index contributed by atoms with van der Waals surface area (Å²) < 4.78 is 45.8. The summed E-state index contributed by atoms with van der Waals surface area (Å²) in [6, 6.07) is 2.24. The average Bonchev–Trinajstić information content (AvgIpc) is 2.49. The van der Waals surface area contributed by atoms with Crippen molar-refractivity contribution in [2.24, 2.45) is 0 Å². The Morgan fingerprint density at radius 3 is 2.50 bits per heavy atom. The van der Waals surface area contributed by atoms with Crippen LogP contribution in [-0.4, -0.2) is 46.0 Å². The van der Waals surface area contributed by atoms with Gasteiger partial charge in [0, 0.05) is 13.1 Å². The molecule has 0 radical (unpaired) electrons. The Kier molecular flexibility index (Phi) is 7.07. The Morgan fingerprint density at radius 1 is 1.36 bits per heavy atom. The third kappa shape index (κ3) is 3.91. The molecular weight excluding hydrogens is 399 g/mol. The molecule has 0 bridgehead atoms. The highest BCUT2D eigenvalue weighted by Crippen LogP contribution is 2.32. The highest BCUT2D eigenvalue weighted by molar-refractivity contribution is 9.10. The van der Waals surface area contributed by atoms with E-state index in [9.17, 15) is 12.8 Å². The molecule has 126 valence electrons. The molecule has 1 fully saturated rings. The van der Waals surface area contributed by atoms with Gasteiger partial charge in [-0.1, -0.05) is 0 Å². The molecule has 0 amide bonds. The van der Waals surface area contributed by atoms with E-state index in [0.717, 1.165) is 32.0 Å². The van der Waals surface area contributed by atoms with E-state index in [1.807, 2.05) is 0 Å². The third-order valence-corrected chi connectivity index (χ3v) is 6.23. The number of ether oxygens (including phenoxy) is 1. The normalized spacial score (nSPS) is 16.4. The molecule has 22 heavy (non-hydrogen) atoms. The second-order valence-corrected chi connectivity index (χ2v) is 7.74. The Morgan fingerprint density at radius 2 is 1.95 bits per heavy atom. The standard InChI is InChI=1S/C13H18BrFN2O3S.ClH/c1-17(9-3-5-16-6-4-9)21(18,19)13-8-11(15)10(14)7-12(13)20-2;/h7-9,16H,3-6H2,1-2H3;1H. The molecule has 1 heterocycles. The van der Waals surface area contributed by atoms with Crippen LogP contribution >= 0.6 is 28.3 Å². The summed E-state index contributed by atoms with van der Waals surface area (Å²) in [4.78, 5) is -0.147. The van der Waals surface area contributed by atoms with E-state index in [-0.39, 0.29) is 33.6 Å². The van der Waals surface area contributed by atoms with Gasteiger partial charge in [0.1, 0.15) is 16.5 Å². The first-order valence-corrected chi connectivity index (χ1v) is 8.83. The van der Waals surface area contributed by atoms with Crippen LogP contribution in [0.25, 0.3) is 0 Å². The van der Waals surface area contributed by atoms with Crippen LogP contribution in [-0.2, 0) is 10.0 Å². The van der Waals surface area contributed by atoms with Gasteiger partial charge in [0.2, 0.25) is 10.0 Å². The zero-order valence-corrected chi connectivity index (χ0v) is 15.5. The summed E-state index contributed by atoms with van der Waals surface area (Å²) in [7, 11) is -0.904. The lowest BCUT2D eigenvalue weighted by atomic mass is 10.1. The molecular formula is C13H19BrClFN2O3S. The van der Waals surface area contributed by atoms with Gasteiger partial charge >= 0.3 is 0 Å². The number of sulfonamides is 1. The van der Waals surface area contributed by atoms with Gasteiger partial charge in [0.15, 0.2) is 0 Å². The van der Waals surface area contributed by atoms with Gasteiger partial charge < -0.3 is 10.1 Å². The van der Waals surface area contributed by atoms with Crippen molar-refractivity contribution in [3.05, 3.63) is 22.4 Å². The maximum Gasteiger partial charge on any atom is 0.246 e. The minimum atomic E-state index is -3.80. The molecule has 1 aromatic carbocycles. The highest BCUT2D eigenvalue weighted by Gasteiger charge is 2.32. The van der Waals surface area contributed by atoms with Crippen LogP contribution in [0.3, 0.4) is 0 Å². The van der Waals surface area contributed by atoms with Gasteiger partial charge in [-0.3, -0.25) is 0 Å². The van der Waals surface area contributed by atoms with Gasteiger partial charge in [0.05, 0.1) is 11.6 Å². The van der Waals surface area contributed by atoms with Crippen molar-refractivity contribution in [2.45, 2.75) is 23.8 Å². The van der Waals surface area contributed by atoms with Gasteiger partial charge in [-0.25, -0.2) is 12.8 Å². The third-order valence-electron chi connectivity index (χ3n) is 3.69. The number of rotatable bonds is 4. The molecule has 0 spiro atoms. The lowest BCUT2D eigenvalue weighted by Crippen LogP contribution is -2.43. The lowest BCUT2D eigenvalue weighted by molar-refractivity contribution is 0.295.